The summed E-state index contributed by atoms with van der Waals surface area (Å²) in [5, 5.41) is 7.11. The summed E-state index contributed by atoms with van der Waals surface area (Å²) in [6.45, 7) is 2.44. The van der Waals surface area contributed by atoms with E-state index in [4.69, 9.17) is 22.5 Å². The molecule has 100 valence electrons. The zero-order valence-corrected chi connectivity index (χ0v) is 12.7. The van der Waals surface area contributed by atoms with Crippen molar-refractivity contribution in [2.45, 2.75) is 13.3 Å². The van der Waals surface area contributed by atoms with Crippen LogP contribution in [0.25, 0.3) is 0 Å². The van der Waals surface area contributed by atoms with Gasteiger partial charge in [0.1, 0.15) is 4.99 Å². The smallest absolute Gasteiger partial charge is 0.223 e. The Kier molecular flexibility index (Phi) is 4.49. The van der Waals surface area contributed by atoms with Crippen LogP contribution in [0.4, 0.5) is 5.69 Å². The van der Waals surface area contributed by atoms with Gasteiger partial charge in [-0.1, -0.05) is 23.4 Å². The highest BCUT2D eigenvalue weighted by Gasteiger charge is 2.09. The van der Waals surface area contributed by atoms with E-state index in [0.29, 0.717) is 29.7 Å². The minimum atomic E-state index is 0.352. The molecule has 0 aliphatic carbocycles. The third kappa shape index (κ3) is 3.51. The van der Waals surface area contributed by atoms with Crippen LogP contribution in [-0.2, 0) is 6.42 Å². The molecule has 5 nitrogen and oxygen atoms in total. The lowest BCUT2D eigenvalue weighted by Gasteiger charge is -2.11. The summed E-state index contributed by atoms with van der Waals surface area (Å²) in [6, 6.07) is 5.76. The van der Waals surface area contributed by atoms with Gasteiger partial charge in [0.25, 0.3) is 0 Å². The van der Waals surface area contributed by atoms with Crippen LogP contribution in [0, 0.1) is 6.92 Å². The monoisotopic (exact) mass is 340 g/mol. The van der Waals surface area contributed by atoms with E-state index in [1.165, 1.54) is 0 Å². The topological polar surface area (TPSA) is 77.0 Å². The number of nitrogens with one attached hydrogen (secondary N) is 1. The molecule has 7 heteroatoms. The first-order chi connectivity index (χ1) is 9.08. The summed E-state index contributed by atoms with van der Waals surface area (Å²) >= 11 is 8.49. The third-order valence-corrected chi connectivity index (χ3v) is 3.36. The van der Waals surface area contributed by atoms with E-state index in [0.717, 1.165) is 15.7 Å². The van der Waals surface area contributed by atoms with Crippen molar-refractivity contribution in [3.8, 4) is 0 Å². The number of anilines is 1. The maximum Gasteiger partial charge on any atom is 0.223 e. The Bertz CT molecular complexity index is 599. The second kappa shape index (κ2) is 6.12. The van der Waals surface area contributed by atoms with E-state index in [-0.39, 0.29) is 0 Å². The Morgan fingerprint density at radius 2 is 2.32 bits per heavy atom. The highest BCUT2D eigenvalue weighted by atomic mass is 79.9. The van der Waals surface area contributed by atoms with E-state index < -0.39 is 0 Å². The SMILES string of the molecule is Cc1nc(CCNc2cccc(Br)c2C(N)=S)no1. The first kappa shape index (κ1) is 14.0. The van der Waals surface area contributed by atoms with Crippen LogP contribution in [0.5, 0.6) is 0 Å². The van der Waals surface area contributed by atoms with Crippen molar-refractivity contribution < 1.29 is 4.52 Å². The second-order valence-corrected chi connectivity index (χ2v) is 5.23. The summed E-state index contributed by atoms with van der Waals surface area (Å²) in [6.07, 6.45) is 0.667. The van der Waals surface area contributed by atoms with Crippen LogP contribution in [0.15, 0.2) is 27.2 Å². The minimum Gasteiger partial charge on any atom is -0.389 e. The van der Waals surface area contributed by atoms with Crippen molar-refractivity contribution in [1.82, 2.24) is 10.1 Å². The zero-order chi connectivity index (χ0) is 13.8. The summed E-state index contributed by atoms with van der Waals surface area (Å²) in [7, 11) is 0. The van der Waals surface area contributed by atoms with Gasteiger partial charge in [0, 0.05) is 35.6 Å². The summed E-state index contributed by atoms with van der Waals surface area (Å²) in [5.41, 5.74) is 7.42. The molecule has 2 rings (SSSR count). The van der Waals surface area contributed by atoms with Gasteiger partial charge in [0.2, 0.25) is 5.89 Å². The van der Waals surface area contributed by atoms with Crippen LogP contribution in [0.1, 0.15) is 17.3 Å². The quantitative estimate of drug-likeness (QED) is 0.814. The molecule has 1 aromatic heterocycles. The van der Waals surface area contributed by atoms with Gasteiger partial charge in [-0.3, -0.25) is 0 Å². The molecule has 0 saturated heterocycles. The van der Waals surface area contributed by atoms with E-state index in [1.807, 2.05) is 18.2 Å². The minimum absolute atomic E-state index is 0.352. The van der Waals surface area contributed by atoms with Crippen LogP contribution >= 0.6 is 28.1 Å². The van der Waals surface area contributed by atoms with E-state index >= 15 is 0 Å². The molecule has 3 N–H and O–H groups in total. The average Bonchev–Trinajstić information content (AvgIpc) is 2.74. The van der Waals surface area contributed by atoms with Crippen molar-refractivity contribution in [2.24, 2.45) is 5.73 Å². The second-order valence-electron chi connectivity index (χ2n) is 3.93. The number of halogens is 1. The highest BCUT2D eigenvalue weighted by Crippen LogP contribution is 2.24. The predicted octanol–water partition coefficient (Wildman–Crippen LogP) is 2.43. The molecule has 0 aliphatic heterocycles. The van der Waals surface area contributed by atoms with Gasteiger partial charge in [-0.15, -0.1) is 0 Å². The standard InChI is InChI=1S/C12H13BrN4OS/c1-7-16-10(17-18-7)5-6-15-9-4-2-3-8(13)11(9)12(14)19/h2-4,15H,5-6H2,1H3,(H2,14,19). The Morgan fingerprint density at radius 3 is 2.95 bits per heavy atom. The first-order valence-corrected chi connectivity index (χ1v) is 6.89. The van der Waals surface area contributed by atoms with Gasteiger partial charge >= 0.3 is 0 Å². The Morgan fingerprint density at radius 1 is 1.53 bits per heavy atom. The van der Waals surface area contributed by atoms with Gasteiger partial charge < -0.3 is 15.6 Å². The molecule has 1 aromatic carbocycles. The summed E-state index contributed by atoms with van der Waals surface area (Å²) in [4.78, 5) is 4.49. The van der Waals surface area contributed by atoms with Crippen LogP contribution < -0.4 is 11.1 Å². The fourth-order valence-corrected chi connectivity index (χ4v) is 2.60. The van der Waals surface area contributed by atoms with Gasteiger partial charge in [-0.2, -0.15) is 4.98 Å². The molecule has 0 spiro atoms. The number of thiocarbonyl (C=S) groups is 1. The maximum atomic E-state index is 5.72. The van der Waals surface area contributed by atoms with Gasteiger partial charge in [-0.25, -0.2) is 0 Å². The van der Waals surface area contributed by atoms with Crippen LogP contribution in [0.3, 0.4) is 0 Å². The summed E-state index contributed by atoms with van der Waals surface area (Å²) < 4.78 is 5.79. The third-order valence-electron chi connectivity index (χ3n) is 2.49. The number of rotatable bonds is 5. The Balaban J connectivity index is 2.03. The van der Waals surface area contributed by atoms with Crippen LogP contribution in [0.2, 0.25) is 0 Å². The van der Waals surface area contributed by atoms with Crippen molar-refractivity contribution in [3.63, 3.8) is 0 Å². The number of hydrogen-bond acceptors (Lipinski definition) is 5. The lowest BCUT2D eigenvalue weighted by molar-refractivity contribution is 0.387. The van der Waals surface area contributed by atoms with Gasteiger partial charge in [-0.05, 0) is 28.1 Å². The van der Waals surface area contributed by atoms with Crippen molar-refractivity contribution >= 4 is 38.8 Å². The normalized spacial score (nSPS) is 10.4. The predicted molar refractivity (Wildman–Crippen MR) is 81.3 cm³/mol. The molecule has 0 radical (unpaired) electrons. The molecule has 1 heterocycles. The number of aryl methyl sites for hydroxylation is 1. The van der Waals surface area contributed by atoms with E-state index in [9.17, 15) is 0 Å². The molecule has 0 atom stereocenters. The van der Waals surface area contributed by atoms with E-state index in [1.54, 1.807) is 6.92 Å². The first-order valence-electron chi connectivity index (χ1n) is 5.69. The van der Waals surface area contributed by atoms with Crippen molar-refractivity contribution in [2.75, 3.05) is 11.9 Å². The lowest BCUT2D eigenvalue weighted by Crippen LogP contribution is -2.15. The largest absolute Gasteiger partial charge is 0.389 e. The zero-order valence-electron chi connectivity index (χ0n) is 10.3. The average molecular weight is 341 g/mol. The van der Waals surface area contributed by atoms with Crippen LogP contribution in [-0.4, -0.2) is 21.7 Å². The molecule has 2 aromatic rings. The Hall–Kier alpha value is -1.47. The van der Waals surface area contributed by atoms with E-state index in [2.05, 4.69) is 31.4 Å². The number of benzene rings is 1. The highest BCUT2D eigenvalue weighted by molar-refractivity contribution is 9.10. The fourth-order valence-electron chi connectivity index (χ4n) is 1.67. The fraction of sp³-hybridized carbons (Fsp3) is 0.250. The van der Waals surface area contributed by atoms with Crippen molar-refractivity contribution in [3.05, 3.63) is 40.0 Å². The van der Waals surface area contributed by atoms with Gasteiger partial charge in [0.15, 0.2) is 5.82 Å². The molecule has 0 fully saturated rings. The van der Waals surface area contributed by atoms with Crippen molar-refractivity contribution in [1.29, 1.82) is 0 Å². The van der Waals surface area contributed by atoms with Gasteiger partial charge in [0.05, 0.1) is 0 Å². The molecule has 19 heavy (non-hydrogen) atoms. The molecule has 0 bridgehead atoms. The maximum absolute atomic E-state index is 5.72. The number of nitrogens with two attached hydrogens (primary N) is 1. The molecule has 0 saturated carbocycles. The number of aromatic nitrogens is 2. The molecule has 0 amide bonds. The molecular weight excluding hydrogens is 328 g/mol. The lowest BCUT2D eigenvalue weighted by atomic mass is 10.1. The summed E-state index contributed by atoms with van der Waals surface area (Å²) in [5.74, 6) is 1.25. The Labute approximate surface area is 124 Å². The number of hydrogen-bond donors (Lipinski definition) is 2. The molecular formula is C12H13BrN4OS. The molecule has 0 unspecified atom stereocenters. The number of nitrogens with zero attached hydrogens (tertiary/aromatic N) is 2. The molecule has 0 aliphatic rings.